The normalized spacial score (nSPS) is 28.0. The minimum atomic E-state index is -0.786. The van der Waals surface area contributed by atoms with Crippen LogP contribution in [0.2, 0.25) is 0 Å². The van der Waals surface area contributed by atoms with E-state index in [0.29, 0.717) is 30.5 Å². The van der Waals surface area contributed by atoms with Gasteiger partial charge in [-0.1, -0.05) is 24.3 Å². The SMILES string of the molecule is COCc1ccc(C2=NCCC(CCC3CC4(CCN(C(=O)OC(C)(C)C)C4)C3)C(=N)C2C(N)=O)cc1. The lowest BCUT2D eigenvalue weighted by atomic mass is 9.60. The quantitative estimate of drug-likeness (QED) is 0.558. The van der Waals surface area contributed by atoms with Gasteiger partial charge in [0.1, 0.15) is 11.5 Å². The van der Waals surface area contributed by atoms with E-state index < -0.39 is 17.4 Å². The zero-order valence-corrected chi connectivity index (χ0v) is 22.7. The Kier molecular flexibility index (Phi) is 8.07. The Hall–Kier alpha value is -2.74. The summed E-state index contributed by atoms with van der Waals surface area (Å²) in [6.07, 6.45) is 5.70. The number of aliphatic imine (C=N–C) groups is 1. The number of carbonyl (C=O) groups is 2. The van der Waals surface area contributed by atoms with Crippen LogP contribution in [0.25, 0.3) is 0 Å². The zero-order chi connectivity index (χ0) is 26.8. The van der Waals surface area contributed by atoms with Gasteiger partial charge in [0.15, 0.2) is 0 Å². The molecular formula is C29H42N4O4. The number of amides is 2. The van der Waals surface area contributed by atoms with E-state index in [-0.39, 0.29) is 17.4 Å². The molecule has 3 aliphatic rings. The molecule has 1 spiro atoms. The van der Waals surface area contributed by atoms with Crippen molar-refractivity contribution >= 4 is 23.4 Å². The summed E-state index contributed by atoms with van der Waals surface area (Å²) >= 11 is 0. The van der Waals surface area contributed by atoms with Gasteiger partial charge < -0.3 is 25.5 Å². The number of ether oxygens (including phenoxy) is 2. The number of nitrogens with two attached hydrogens (primary N) is 1. The highest BCUT2D eigenvalue weighted by Gasteiger charge is 2.49. The summed E-state index contributed by atoms with van der Waals surface area (Å²) in [6.45, 7) is 8.35. The molecule has 1 aliphatic carbocycles. The average molecular weight is 511 g/mol. The lowest BCUT2D eigenvalue weighted by Gasteiger charge is -2.45. The Bertz CT molecular complexity index is 1040. The lowest BCUT2D eigenvalue weighted by Crippen LogP contribution is -2.42. The summed E-state index contributed by atoms with van der Waals surface area (Å²) < 4.78 is 10.7. The molecule has 0 radical (unpaired) electrons. The predicted molar refractivity (Wildman–Crippen MR) is 144 cm³/mol. The first-order valence-corrected chi connectivity index (χ1v) is 13.5. The van der Waals surface area contributed by atoms with Crippen molar-refractivity contribution in [2.24, 2.45) is 33.9 Å². The predicted octanol–water partition coefficient (Wildman–Crippen LogP) is 4.58. The second kappa shape index (κ2) is 10.9. The highest BCUT2D eigenvalue weighted by Crippen LogP contribution is 2.53. The number of carbonyl (C=O) groups excluding carboxylic acids is 2. The number of nitrogens with one attached hydrogen (secondary N) is 1. The van der Waals surface area contributed by atoms with Gasteiger partial charge in [0.05, 0.1) is 12.3 Å². The molecule has 2 aliphatic heterocycles. The van der Waals surface area contributed by atoms with E-state index in [1.54, 1.807) is 7.11 Å². The second-order valence-corrected chi connectivity index (χ2v) is 12.2. The first-order chi connectivity index (χ1) is 17.5. The smallest absolute Gasteiger partial charge is 0.410 e. The highest BCUT2D eigenvalue weighted by molar-refractivity contribution is 6.26. The molecular weight excluding hydrogens is 468 g/mol. The maximum Gasteiger partial charge on any atom is 0.410 e. The van der Waals surface area contributed by atoms with E-state index in [1.807, 2.05) is 49.9 Å². The molecule has 8 nitrogen and oxygen atoms in total. The number of nitrogens with zero attached hydrogens (tertiary/aromatic N) is 2. The largest absolute Gasteiger partial charge is 0.444 e. The summed E-state index contributed by atoms with van der Waals surface area (Å²) in [5.74, 6) is -0.696. The fourth-order valence-electron chi connectivity index (χ4n) is 6.31. The fraction of sp³-hybridized carbons (Fsp3) is 0.655. The van der Waals surface area contributed by atoms with Gasteiger partial charge in [-0.15, -0.1) is 0 Å². The number of likely N-dealkylation sites (tertiary alicyclic amines) is 1. The zero-order valence-electron chi connectivity index (χ0n) is 22.7. The third-order valence-electron chi connectivity index (χ3n) is 8.09. The van der Waals surface area contributed by atoms with Gasteiger partial charge in [-0.25, -0.2) is 4.79 Å². The van der Waals surface area contributed by atoms with Crippen LogP contribution >= 0.6 is 0 Å². The van der Waals surface area contributed by atoms with Gasteiger partial charge >= 0.3 is 6.09 Å². The number of benzene rings is 1. The minimum Gasteiger partial charge on any atom is -0.444 e. The molecule has 3 N–H and O–H groups in total. The van der Waals surface area contributed by atoms with Crippen molar-refractivity contribution in [2.45, 2.75) is 71.5 Å². The molecule has 2 atom stereocenters. The third kappa shape index (κ3) is 6.40. The van der Waals surface area contributed by atoms with Gasteiger partial charge in [-0.05, 0) is 87.7 Å². The molecule has 37 heavy (non-hydrogen) atoms. The lowest BCUT2D eigenvalue weighted by molar-refractivity contribution is -0.118. The maximum absolute atomic E-state index is 12.5. The Morgan fingerprint density at radius 2 is 1.89 bits per heavy atom. The van der Waals surface area contributed by atoms with E-state index in [4.69, 9.17) is 25.6 Å². The van der Waals surface area contributed by atoms with Crippen LogP contribution < -0.4 is 5.73 Å². The molecule has 0 bridgehead atoms. The number of hydrogen-bond acceptors (Lipinski definition) is 6. The Balaban J connectivity index is 1.31. The van der Waals surface area contributed by atoms with E-state index in [9.17, 15) is 9.59 Å². The Morgan fingerprint density at radius 3 is 2.51 bits per heavy atom. The van der Waals surface area contributed by atoms with Crippen molar-refractivity contribution in [3.8, 4) is 0 Å². The standard InChI is InChI=1S/C29H42N4O4/c1-28(2,3)37-27(35)33-14-12-29(18-33)15-20(16-29)7-8-21-11-13-32-25(23(24(21)30)26(31)34)22-9-5-19(6-10-22)17-36-4/h5-6,9-10,20-21,23,30H,7-8,11-18H2,1-4H3,(H2,31,34). The highest BCUT2D eigenvalue weighted by atomic mass is 16.6. The van der Waals surface area contributed by atoms with Crippen molar-refractivity contribution in [1.82, 2.24) is 4.90 Å². The molecule has 0 aromatic heterocycles. The monoisotopic (exact) mass is 510 g/mol. The minimum absolute atomic E-state index is 0.00454. The van der Waals surface area contributed by atoms with Gasteiger partial charge in [-0.2, -0.15) is 0 Å². The van der Waals surface area contributed by atoms with Gasteiger partial charge in [0, 0.05) is 32.5 Å². The molecule has 2 fully saturated rings. The van der Waals surface area contributed by atoms with Crippen molar-refractivity contribution in [3.05, 3.63) is 35.4 Å². The van der Waals surface area contributed by atoms with Crippen LogP contribution in [0.3, 0.4) is 0 Å². The van der Waals surface area contributed by atoms with Gasteiger partial charge in [0.25, 0.3) is 0 Å². The van der Waals surface area contributed by atoms with Crippen LogP contribution in [0.1, 0.15) is 70.4 Å². The molecule has 1 aromatic rings. The number of rotatable bonds is 7. The molecule has 2 heterocycles. The average Bonchev–Trinajstić information content (AvgIpc) is 3.18. The molecule has 202 valence electrons. The van der Waals surface area contributed by atoms with Crippen LogP contribution in [0.15, 0.2) is 29.3 Å². The summed E-state index contributed by atoms with van der Waals surface area (Å²) in [6, 6.07) is 7.80. The number of hydrogen-bond donors (Lipinski definition) is 2. The van der Waals surface area contributed by atoms with Crippen molar-refractivity contribution in [2.75, 3.05) is 26.7 Å². The van der Waals surface area contributed by atoms with E-state index in [1.165, 1.54) is 0 Å². The summed E-state index contributed by atoms with van der Waals surface area (Å²) in [5, 5.41) is 8.93. The van der Waals surface area contributed by atoms with E-state index >= 15 is 0 Å². The number of primary amides is 1. The maximum atomic E-state index is 12.5. The van der Waals surface area contributed by atoms with Gasteiger partial charge in [-0.3, -0.25) is 9.79 Å². The molecule has 1 aromatic carbocycles. The molecule has 2 unspecified atom stereocenters. The van der Waals surface area contributed by atoms with E-state index in [2.05, 4.69) is 0 Å². The van der Waals surface area contributed by atoms with Crippen molar-refractivity contribution < 1.29 is 19.1 Å². The Labute approximate surface area is 220 Å². The van der Waals surface area contributed by atoms with Crippen LogP contribution in [-0.2, 0) is 20.9 Å². The van der Waals surface area contributed by atoms with Crippen molar-refractivity contribution in [3.63, 3.8) is 0 Å². The molecule has 8 heteroatoms. The van der Waals surface area contributed by atoms with Crippen molar-refractivity contribution in [1.29, 1.82) is 5.41 Å². The first kappa shape index (κ1) is 27.3. The van der Waals surface area contributed by atoms with E-state index in [0.717, 1.165) is 62.7 Å². The first-order valence-electron chi connectivity index (χ1n) is 13.5. The fourth-order valence-corrected chi connectivity index (χ4v) is 6.31. The van der Waals surface area contributed by atoms with Crippen LogP contribution in [0, 0.1) is 28.6 Å². The number of methoxy groups -OCH3 is 1. The molecule has 1 saturated carbocycles. The molecule has 1 saturated heterocycles. The summed E-state index contributed by atoms with van der Waals surface area (Å²) in [7, 11) is 1.66. The van der Waals surface area contributed by atoms with Crippen LogP contribution in [0.5, 0.6) is 0 Å². The molecule has 4 rings (SSSR count). The van der Waals surface area contributed by atoms with Crippen LogP contribution in [0.4, 0.5) is 4.79 Å². The topological polar surface area (TPSA) is 118 Å². The Morgan fingerprint density at radius 1 is 1.19 bits per heavy atom. The van der Waals surface area contributed by atoms with Crippen LogP contribution in [-0.4, -0.2) is 60.7 Å². The summed E-state index contributed by atoms with van der Waals surface area (Å²) in [5.41, 5.74) is 8.46. The molecule has 2 amide bonds. The summed E-state index contributed by atoms with van der Waals surface area (Å²) in [4.78, 5) is 31.6. The third-order valence-corrected chi connectivity index (χ3v) is 8.09. The van der Waals surface area contributed by atoms with Gasteiger partial charge in [0.2, 0.25) is 5.91 Å². The second-order valence-electron chi connectivity index (χ2n) is 12.2.